The number of hydrogen-bond acceptors (Lipinski definition) is 4. The third kappa shape index (κ3) is 3.46. The van der Waals surface area contributed by atoms with Gasteiger partial charge in [-0.1, -0.05) is 0 Å². The summed E-state index contributed by atoms with van der Waals surface area (Å²) in [6, 6.07) is 10.0. The van der Waals surface area contributed by atoms with Crippen LogP contribution in [0.5, 0.6) is 0 Å². The minimum atomic E-state index is -0.350. The van der Waals surface area contributed by atoms with Crippen LogP contribution in [0.2, 0.25) is 0 Å². The zero-order valence-corrected chi connectivity index (χ0v) is 11.0. The molecule has 0 saturated carbocycles. The monoisotopic (exact) mass is 273 g/mol. The number of anilines is 2. The predicted molar refractivity (Wildman–Crippen MR) is 75.3 cm³/mol. The van der Waals surface area contributed by atoms with Crippen LogP contribution in [-0.2, 0) is 11.3 Å². The van der Waals surface area contributed by atoms with Gasteiger partial charge in [0.15, 0.2) is 5.76 Å². The summed E-state index contributed by atoms with van der Waals surface area (Å²) in [6.45, 7) is 1.68. The highest BCUT2D eigenvalue weighted by molar-refractivity contribution is 6.02. The number of benzene rings is 1. The lowest BCUT2D eigenvalue weighted by atomic mass is 10.2. The highest BCUT2D eigenvalue weighted by atomic mass is 16.4. The van der Waals surface area contributed by atoms with Gasteiger partial charge in [0.25, 0.3) is 5.91 Å². The molecular weight excluding hydrogens is 258 g/mol. The number of furan rings is 1. The Balaban J connectivity index is 2.02. The molecule has 104 valence electrons. The zero-order chi connectivity index (χ0) is 14.5. The number of amides is 2. The summed E-state index contributed by atoms with van der Waals surface area (Å²) in [5, 5.41) is 5.33. The Labute approximate surface area is 116 Å². The molecule has 0 bridgehead atoms. The third-order valence-electron chi connectivity index (χ3n) is 2.55. The lowest BCUT2D eigenvalue weighted by Crippen LogP contribution is -2.11. The van der Waals surface area contributed by atoms with E-state index >= 15 is 0 Å². The molecule has 0 aliphatic rings. The molecule has 0 atom stereocenters. The normalized spacial score (nSPS) is 10.1. The van der Waals surface area contributed by atoms with Crippen molar-refractivity contribution in [3.63, 3.8) is 0 Å². The molecule has 0 radical (unpaired) electrons. The Morgan fingerprint density at radius 3 is 2.15 bits per heavy atom. The molecule has 20 heavy (non-hydrogen) atoms. The standard InChI is InChI=1S/C14H15N3O3/c1-9(18)16-10-2-4-11(5-3-10)17-14(19)13-7-6-12(8-15)20-13/h2-7H,8,15H2,1H3,(H,16,18)(H,17,19). The van der Waals surface area contributed by atoms with Crippen LogP contribution in [0.3, 0.4) is 0 Å². The maximum Gasteiger partial charge on any atom is 0.291 e. The third-order valence-corrected chi connectivity index (χ3v) is 2.55. The molecule has 6 heteroatoms. The fourth-order valence-electron chi connectivity index (χ4n) is 1.64. The molecule has 0 aliphatic heterocycles. The van der Waals surface area contributed by atoms with Gasteiger partial charge in [0.2, 0.25) is 5.91 Å². The van der Waals surface area contributed by atoms with Crippen LogP contribution in [0.4, 0.5) is 11.4 Å². The molecule has 4 N–H and O–H groups in total. The first-order valence-corrected chi connectivity index (χ1v) is 6.06. The lowest BCUT2D eigenvalue weighted by Gasteiger charge is -2.05. The summed E-state index contributed by atoms with van der Waals surface area (Å²) in [5.41, 5.74) is 6.68. The Morgan fingerprint density at radius 2 is 1.65 bits per heavy atom. The summed E-state index contributed by atoms with van der Waals surface area (Å²) < 4.78 is 5.25. The van der Waals surface area contributed by atoms with Crippen molar-refractivity contribution >= 4 is 23.2 Å². The first-order chi connectivity index (χ1) is 9.58. The molecule has 2 rings (SSSR count). The topological polar surface area (TPSA) is 97.4 Å². The van der Waals surface area contributed by atoms with Gasteiger partial charge in [-0.3, -0.25) is 9.59 Å². The molecule has 0 spiro atoms. The average molecular weight is 273 g/mol. The maximum atomic E-state index is 11.9. The van der Waals surface area contributed by atoms with E-state index in [1.165, 1.54) is 6.92 Å². The van der Waals surface area contributed by atoms with E-state index < -0.39 is 0 Å². The highest BCUT2D eigenvalue weighted by Crippen LogP contribution is 2.15. The van der Waals surface area contributed by atoms with Gasteiger partial charge in [0.1, 0.15) is 5.76 Å². The van der Waals surface area contributed by atoms with Crippen LogP contribution in [-0.4, -0.2) is 11.8 Å². The van der Waals surface area contributed by atoms with Crippen LogP contribution in [0.25, 0.3) is 0 Å². The largest absolute Gasteiger partial charge is 0.455 e. The molecule has 2 amide bonds. The van der Waals surface area contributed by atoms with Gasteiger partial charge in [-0.15, -0.1) is 0 Å². The van der Waals surface area contributed by atoms with E-state index in [-0.39, 0.29) is 24.1 Å². The Kier molecular flexibility index (Phi) is 4.17. The van der Waals surface area contributed by atoms with Crippen molar-refractivity contribution in [3.05, 3.63) is 47.9 Å². The van der Waals surface area contributed by atoms with Gasteiger partial charge in [0.05, 0.1) is 6.54 Å². The summed E-state index contributed by atoms with van der Waals surface area (Å²) in [4.78, 5) is 22.8. The summed E-state index contributed by atoms with van der Waals surface area (Å²) >= 11 is 0. The molecule has 0 fully saturated rings. The molecule has 2 aromatic rings. The Bertz CT molecular complexity index is 617. The zero-order valence-electron chi connectivity index (χ0n) is 11.0. The molecule has 0 unspecified atom stereocenters. The molecule has 1 aromatic heterocycles. The lowest BCUT2D eigenvalue weighted by molar-refractivity contribution is -0.114. The van der Waals surface area contributed by atoms with Crippen molar-refractivity contribution in [2.24, 2.45) is 5.73 Å². The van der Waals surface area contributed by atoms with E-state index in [1.54, 1.807) is 36.4 Å². The Hall–Kier alpha value is -2.60. The van der Waals surface area contributed by atoms with Gasteiger partial charge in [0, 0.05) is 18.3 Å². The predicted octanol–water partition coefficient (Wildman–Crippen LogP) is 1.95. The van der Waals surface area contributed by atoms with Crippen LogP contribution < -0.4 is 16.4 Å². The number of hydrogen-bond donors (Lipinski definition) is 3. The summed E-state index contributed by atoms with van der Waals surface area (Å²) in [6.07, 6.45) is 0. The average Bonchev–Trinajstić information content (AvgIpc) is 2.89. The minimum absolute atomic E-state index is 0.147. The molecule has 1 aromatic carbocycles. The van der Waals surface area contributed by atoms with Crippen molar-refractivity contribution in [1.82, 2.24) is 0 Å². The number of nitrogens with one attached hydrogen (secondary N) is 2. The fraction of sp³-hybridized carbons (Fsp3) is 0.143. The molecule has 1 heterocycles. The second-order valence-corrected chi connectivity index (χ2v) is 4.18. The van der Waals surface area contributed by atoms with Crippen molar-refractivity contribution in [2.45, 2.75) is 13.5 Å². The van der Waals surface area contributed by atoms with Crippen molar-refractivity contribution in [1.29, 1.82) is 0 Å². The highest BCUT2D eigenvalue weighted by Gasteiger charge is 2.10. The van der Waals surface area contributed by atoms with Crippen molar-refractivity contribution < 1.29 is 14.0 Å². The Morgan fingerprint density at radius 1 is 1.05 bits per heavy atom. The van der Waals surface area contributed by atoms with E-state index in [9.17, 15) is 9.59 Å². The number of rotatable bonds is 4. The van der Waals surface area contributed by atoms with Crippen LogP contribution >= 0.6 is 0 Å². The molecule has 6 nitrogen and oxygen atoms in total. The molecular formula is C14H15N3O3. The summed E-state index contributed by atoms with van der Waals surface area (Å²) in [5.74, 6) is 0.260. The van der Waals surface area contributed by atoms with E-state index in [0.29, 0.717) is 17.1 Å². The fourth-order valence-corrected chi connectivity index (χ4v) is 1.64. The smallest absolute Gasteiger partial charge is 0.291 e. The van der Waals surface area contributed by atoms with E-state index in [4.69, 9.17) is 10.2 Å². The molecule has 0 aliphatic carbocycles. The van der Waals surface area contributed by atoms with Crippen molar-refractivity contribution in [2.75, 3.05) is 10.6 Å². The summed E-state index contributed by atoms with van der Waals surface area (Å²) in [7, 11) is 0. The second-order valence-electron chi connectivity index (χ2n) is 4.18. The number of carbonyl (C=O) groups is 2. The minimum Gasteiger partial charge on any atom is -0.455 e. The van der Waals surface area contributed by atoms with Crippen molar-refractivity contribution in [3.8, 4) is 0 Å². The van der Waals surface area contributed by atoms with E-state index in [1.807, 2.05) is 0 Å². The van der Waals surface area contributed by atoms with Crippen LogP contribution in [0.1, 0.15) is 23.2 Å². The van der Waals surface area contributed by atoms with Gasteiger partial charge < -0.3 is 20.8 Å². The number of nitrogens with two attached hydrogens (primary N) is 1. The van der Waals surface area contributed by atoms with Gasteiger partial charge in [-0.2, -0.15) is 0 Å². The van der Waals surface area contributed by atoms with Crippen LogP contribution in [0.15, 0.2) is 40.8 Å². The second kappa shape index (κ2) is 6.03. The van der Waals surface area contributed by atoms with Gasteiger partial charge >= 0.3 is 0 Å². The SMILES string of the molecule is CC(=O)Nc1ccc(NC(=O)c2ccc(CN)o2)cc1. The first kappa shape index (κ1) is 13.8. The first-order valence-electron chi connectivity index (χ1n) is 6.06. The maximum absolute atomic E-state index is 11.9. The van der Waals surface area contributed by atoms with E-state index in [0.717, 1.165) is 0 Å². The quantitative estimate of drug-likeness (QED) is 0.793. The number of carbonyl (C=O) groups excluding carboxylic acids is 2. The van der Waals surface area contributed by atoms with E-state index in [2.05, 4.69) is 10.6 Å². The van der Waals surface area contributed by atoms with Gasteiger partial charge in [-0.05, 0) is 36.4 Å². The molecule has 0 saturated heterocycles. The van der Waals surface area contributed by atoms with Crippen LogP contribution in [0, 0.1) is 0 Å². The van der Waals surface area contributed by atoms with Gasteiger partial charge in [-0.25, -0.2) is 0 Å².